The minimum Gasteiger partial charge on any atom is -0.383 e. The lowest BCUT2D eigenvalue weighted by Gasteiger charge is -2.09. The van der Waals surface area contributed by atoms with Gasteiger partial charge in [0.1, 0.15) is 5.82 Å². The molecular formula is C11H19N3. The number of aromatic nitrogens is 1. The van der Waals surface area contributed by atoms with Crippen molar-refractivity contribution in [1.82, 2.24) is 10.3 Å². The van der Waals surface area contributed by atoms with E-state index >= 15 is 0 Å². The fraction of sp³-hybridized carbons (Fsp3) is 0.545. The van der Waals surface area contributed by atoms with Crippen LogP contribution in [0.1, 0.15) is 25.0 Å². The summed E-state index contributed by atoms with van der Waals surface area (Å²) in [7, 11) is 0. The molecule has 0 bridgehead atoms. The van der Waals surface area contributed by atoms with Gasteiger partial charge in [-0.3, -0.25) is 0 Å². The molecule has 0 aliphatic heterocycles. The van der Waals surface area contributed by atoms with Crippen molar-refractivity contribution in [1.29, 1.82) is 0 Å². The van der Waals surface area contributed by atoms with Gasteiger partial charge in [-0.05, 0) is 31.0 Å². The van der Waals surface area contributed by atoms with Gasteiger partial charge in [-0.1, -0.05) is 13.8 Å². The molecule has 0 atom stereocenters. The fourth-order valence-corrected chi connectivity index (χ4v) is 1.28. The fourth-order valence-electron chi connectivity index (χ4n) is 1.28. The average molecular weight is 193 g/mol. The van der Waals surface area contributed by atoms with Crippen molar-refractivity contribution in [3.8, 4) is 0 Å². The zero-order valence-corrected chi connectivity index (χ0v) is 9.17. The van der Waals surface area contributed by atoms with E-state index in [1.54, 1.807) is 6.20 Å². The molecule has 0 unspecified atom stereocenters. The average Bonchev–Trinajstić information content (AvgIpc) is 2.10. The van der Waals surface area contributed by atoms with E-state index in [0.717, 1.165) is 24.2 Å². The molecule has 0 saturated carbocycles. The molecule has 0 radical (unpaired) electrons. The second-order valence-corrected chi connectivity index (χ2v) is 4.08. The Labute approximate surface area is 85.7 Å². The second kappa shape index (κ2) is 4.96. The van der Waals surface area contributed by atoms with Gasteiger partial charge in [0.25, 0.3) is 0 Å². The first-order chi connectivity index (χ1) is 6.59. The molecular weight excluding hydrogens is 174 g/mol. The molecule has 1 rings (SSSR count). The van der Waals surface area contributed by atoms with E-state index in [4.69, 9.17) is 5.73 Å². The van der Waals surface area contributed by atoms with Crippen molar-refractivity contribution in [3.63, 3.8) is 0 Å². The SMILES string of the molecule is Cc1cnc(N)c(CNCC(C)C)c1. The molecule has 0 aliphatic carbocycles. The van der Waals surface area contributed by atoms with Gasteiger partial charge in [-0.25, -0.2) is 4.98 Å². The van der Waals surface area contributed by atoms with Crippen LogP contribution in [-0.4, -0.2) is 11.5 Å². The molecule has 0 fully saturated rings. The van der Waals surface area contributed by atoms with Crippen LogP contribution in [0.2, 0.25) is 0 Å². The van der Waals surface area contributed by atoms with Gasteiger partial charge < -0.3 is 11.1 Å². The predicted octanol–water partition coefficient (Wildman–Crippen LogP) is 1.72. The number of aryl methyl sites for hydroxylation is 1. The molecule has 0 amide bonds. The maximum absolute atomic E-state index is 5.76. The molecule has 0 spiro atoms. The van der Waals surface area contributed by atoms with E-state index in [-0.39, 0.29) is 0 Å². The van der Waals surface area contributed by atoms with Crippen LogP contribution in [0, 0.1) is 12.8 Å². The summed E-state index contributed by atoms with van der Waals surface area (Å²) in [5.74, 6) is 1.29. The van der Waals surface area contributed by atoms with Gasteiger partial charge in [0.05, 0.1) is 0 Å². The van der Waals surface area contributed by atoms with Crippen molar-refractivity contribution in [3.05, 3.63) is 23.4 Å². The van der Waals surface area contributed by atoms with E-state index in [0.29, 0.717) is 11.7 Å². The van der Waals surface area contributed by atoms with Crippen molar-refractivity contribution < 1.29 is 0 Å². The van der Waals surface area contributed by atoms with Crippen LogP contribution in [0.5, 0.6) is 0 Å². The van der Waals surface area contributed by atoms with Gasteiger partial charge in [0.2, 0.25) is 0 Å². The standard InChI is InChI=1S/C11H19N3/c1-8(2)5-13-7-10-4-9(3)6-14-11(10)12/h4,6,8,13H,5,7H2,1-3H3,(H2,12,14). The number of nitrogens with zero attached hydrogens (tertiary/aromatic N) is 1. The quantitative estimate of drug-likeness (QED) is 0.765. The number of hydrogen-bond acceptors (Lipinski definition) is 3. The maximum Gasteiger partial charge on any atom is 0.127 e. The van der Waals surface area contributed by atoms with Crippen LogP contribution in [0.25, 0.3) is 0 Å². The summed E-state index contributed by atoms with van der Waals surface area (Å²) in [6, 6.07) is 2.08. The molecule has 0 aliphatic rings. The number of nitrogens with two attached hydrogens (primary N) is 1. The number of pyridine rings is 1. The smallest absolute Gasteiger partial charge is 0.127 e. The summed E-state index contributed by atoms with van der Waals surface area (Å²) in [5.41, 5.74) is 8.00. The Morgan fingerprint density at radius 3 is 2.86 bits per heavy atom. The van der Waals surface area contributed by atoms with Crippen molar-refractivity contribution >= 4 is 5.82 Å². The first-order valence-corrected chi connectivity index (χ1v) is 5.01. The van der Waals surface area contributed by atoms with Gasteiger partial charge in [0, 0.05) is 18.3 Å². The van der Waals surface area contributed by atoms with E-state index < -0.39 is 0 Å². The van der Waals surface area contributed by atoms with Gasteiger partial charge >= 0.3 is 0 Å². The molecule has 14 heavy (non-hydrogen) atoms. The minimum atomic E-state index is 0.631. The molecule has 0 saturated heterocycles. The van der Waals surface area contributed by atoms with Crippen LogP contribution >= 0.6 is 0 Å². The summed E-state index contributed by atoms with van der Waals surface area (Å²) in [5, 5.41) is 3.35. The lowest BCUT2D eigenvalue weighted by atomic mass is 10.2. The topological polar surface area (TPSA) is 50.9 Å². The van der Waals surface area contributed by atoms with Gasteiger partial charge in [-0.15, -0.1) is 0 Å². The molecule has 3 N–H and O–H groups in total. The Bertz CT molecular complexity index is 295. The lowest BCUT2D eigenvalue weighted by molar-refractivity contribution is 0.552. The third kappa shape index (κ3) is 3.34. The Kier molecular flexibility index (Phi) is 3.89. The minimum absolute atomic E-state index is 0.631. The summed E-state index contributed by atoms with van der Waals surface area (Å²) < 4.78 is 0. The van der Waals surface area contributed by atoms with Gasteiger partial charge in [0.15, 0.2) is 0 Å². The van der Waals surface area contributed by atoms with E-state index in [9.17, 15) is 0 Å². The predicted molar refractivity (Wildman–Crippen MR) is 59.9 cm³/mol. The Morgan fingerprint density at radius 2 is 2.21 bits per heavy atom. The molecule has 1 aromatic rings. The highest BCUT2D eigenvalue weighted by atomic mass is 14.9. The summed E-state index contributed by atoms with van der Waals surface area (Å²) in [4.78, 5) is 4.11. The largest absolute Gasteiger partial charge is 0.383 e. The van der Waals surface area contributed by atoms with Crippen molar-refractivity contribution in [2.45, 2.75) is 27.3 Å². The number of nitrogens with one attached hydrogen (secondary N) is 1. The Hall–Kier alpha value is -1.09. The molecule has 0 aromatic carbocycles. The highest BCUT2D eigenvalue weighted by molar-refractivity contribution is 5.40. The number of hydrogen-bond donors (Lipinski definition) is 2. The number of rotatable bonds is 4. The first kappa shape index (κ1) is 11.0. The Morgan fingerprint density at radius 1 is 1.50 bits per heavy atom. The summed E-state index contributed by atoms with van der Waals surface area (Å²) in [6.07, 6.45) is 1.79. The summed E-state index contributed by atoms with van der Waals surface area (Å²) >= 11 is 0. The van der Waals surface area contributed by atoms with E-state index in [2.05, 4.69) is 30.2 Å². The zero-order chi connectivity index (χ0) is 10.6. The molecule has 3 nitrogen and oxygen atoms in total. The van der Waals surface area contributed by atoms with Crippen LogP contribution in [-0.2, 0) is 6.54 Å². The van der Waals surface area contributed by atoms with E-state index in [1.165, 1.54) is 0 Å². The van der Waals surface area contributed by atoms with Crippen LogP contribution in [0.15, 0.2) is 12.3 Å². The van der Waals surface area contributed by atoms with Crippen LogP contribution in [0.3, 0.4) is 0 Å². The normalized spacial score (nSPS) is 10.9. The molecule has 78 valence electrons. The highest BCUT2D eigenvalue weighted by Gasteiger charge is 2.00. The lowest BCUT2D eigenvalue weighted by Crippen LogP contribution is -2.20. The molecule has 1 heterocycles. The van der Waals surface area contributed by atoms with Crippen molar-refractivity contribution in [2.24, 2.45) is 5.92 Å². The number of nitrogen functional groups attached to an aromatic ring is 1. The van der Waals surface area contributed by atoms with Crippen LogP contribution in [0.4, 0.5) is 5.82 Å². The third-order valence-corrected chi connectivity index (χ3v) is 2.01. The van der Waals surface area contributed by atoms with Gasteiger partial charge in [-0.2, -0.15) is 0 Å². The zero-order valence-electron chi connectivity index (χ0n) is 9.17. The van der Waals surface area contributed by atoms with E-state index in [1.807, 2.05) is 6.92 Å². The second-order valence-electron chi connectivity index (χ2n) is 4.08. The highest BCUT2D eigenvalue weighted by Crippen LogP contribution is 2.09. The first-order valence-electron chi connectivity index (χ1n) is 5.01. The summed E-state index contributed by atoms with van der Waals surface area (Å²) in [6.45, 7) is 8.21. The Balaban J connectivity index is 2.53. The molecule has 3 heteroatoms. The molecule has 1 aromatic heterocycles. The maximum atomic E-state index is 5.76. The van der Waals surface area contributed by atoms with Crippen molar-refractivity contribution in [2.75, 3.05) is 12.3 Å². The number of anilines is 1. The van der Waals surface area contributed by atoms with Crippen LogP contribution < -0.4 is 11.1 Å². The third-order valence-electron chi connectivity index (χ3n) is 2.01. The monoisotopic (exact) mass is 193 g/mol.